The van der Waals surface area contributed by atoms with E-state index in [2.05, 4.69) is 15.0 Å². The lowest BCUT2D eigenvalue weighted by atomic mass is 10.0. The molecule has 1 amide bonds. The Hall–Kier alpha value is -1.77. The Morgan fingerprint density at radius 1 is 1.24 bits per heavy atom. The highest BCUT2D eigenvalue weighted by atomic mass is 32.2. The lowest BCUT2D eigenvalue weighted by Gasteiger charge is -2.18. The van der Waals surface area contributed by atoms with Crippen molar-refractivity contribution in [1.29, 1.82) is 0 Å². The first-order valence-corrected chi connectivity index (χ1v) is 12.6. The molecule has 4 rings (SSSR count). The molecule has 1 aromatic carbocycles. The Labute approximate surface area is 176 Å². The second-order valence-corrected chi connectivity index (χ2v) is 11.0. The summed E-state index contributed by atoms with van der Waals surface area (Å²) in [6.45, 7) is 2.30. The van der Waals surface area contributed by atoms with Crippen molar-refractivity contribution in [3.05, 3.63) is 45.4 Å². The molecule has 1 atom stereocenters. The van der Waals surface area contributed by atoms with E-state index in [9.17, 15) is 13.2 Å². The summed E-state index contributed by atoms with van der Waals surface area (Å²) in [4.78, 5) is 18.2. The predicted molar refractivity (Wildman–Crippen MR) is 113 cm³/mol. The van der Waals surface area contributed by atoms with Crippen LogP contribution in [0.4, 0.5) is 0 Å². The normalized spacial score (nSPS) is 19.4. The number of benzene rings is 1. The number of rotatable bonds is 7. The standard InChI is InChI=1S/C21H27N3O3S2/c1-14-13-22-20(28-14)10-11-23-29(26,27)17-8-6-15-7-9-19(18(15)12-17)24-21(25)16-4-2-3-5-16/h6,8,12-13,16,19,23H,2-5,7,9-11H2,1H3,(H,24,25). The number of carbonyl (C=O) groups excluding carboxylic acids is 1. The van der Waals surface area contributed by atoms with Crippen molar-refractivity contribution in [3.8, 4) is 0 Å². The van der Waals surface area contributed by atoms with Gasteiger partial charge in [0.15, 0.2) is 0 Å². The van der Waals surface area contributed by atoms with Crippen LogP contribution in [0.1, 0.15) is 59.2 Å². The largest absolute Gasteiger partial charge is 0.349 e. The van der Waals surface area contributed by atoms with E-state index in [1.165, 1.54) is 0 Å². The molecule has 8 heteroatoms. The Balaban J connectivity index is 1.42. The molecule has 1 fully saturated rings. The number of fused-ring (bicyclic) bond motifs is 1. The fourth-order valence-electron chi connectivity index (χ4n) is 4.27. The maximum atomic E-state index is 12.8. The van der Waals surface area contributed by atoms with Crippen molar-refractivity contribution < 1.29 is 13.2 Å². The highest BCUT2D eigenvalue weighted by Crippen LogP contribution is 2.34. The van der Waals surface area contributed by atoms with Crippen LogP contribution in [-0.4, -0.2) is 25.9 Å². The fourth-order valence-corrected chi connectivity index (χ4v) is 6.12. The van der Waals surface area contributed by atoms with Gasteiger partial charge in [-0.1, -0.05) is 18.9 Å². The third kappa shape index (κ3) is 4.70. The van der Waals surface area contributed by atoms with E-state index in [1.54, 1.807) is 29.7 Å². The van der Waals surface area contributed by atoms with Gasteiger partial charge in [0, 0.05) is 30.0 Å². The number of hydrogen-bond donors (Lipinski definition) is 2. The van der Waals surface area contributed by atoms with Crippen LogP contribution >= 0.6 is 11.3 Å². The van der Waals surface area contributed by atoms with E-state index in [-0.39, 0.29) is 22.8 Å². The summed E-state index contributed by atoms with van der Waals surface area (Å²) in [7, 11) is -3.60. The van der Waals surface area contributed by atoms with Gasteiger partial charge in [0.25, 0.3) is 0 Å². The second-order valence-electron chi connectivity index (χ2n) is 7.95. The molecule has 0 radical (unpaired) electrons. The third-order valence-corrected chi connectivity index (χ3v) is 8.28. The summed E-state index contributed by atoms with van der Waals surface area (Å²) < 4.78 is 28.2. The molecule has 0 saturated heterocycles. The summed E-state index contributed by atoms with van der Waals surface area (Å²) in [6.07, 6.45) is 8.22. The quantitative estimate of drug-likeness (QED) is 0.701. The molecule has 0 aliphatic heterocycles. The summed E-state index contributed by atoms with van der Waals surface area (Å²) in [5.74, 6) is 0.229. The zero-order chi connectivity index (χ0) is 20.4. The van der Waals surface area contributed by atoms with Crippen LogP contribution in [0.3, 0.4) is 0 Å². The molecule has 1 aromatic heterocycles. The van der Waals surface area contributed by atoms with Gasteiger partial charge in [-0.3, -0.25) is 4.79 Å². The van der Waals surface area contributed by atoms with Gasteiger partial charge in [0.1, 0.15) is 0 Å². The first kappa shape index (κ1) is 20.5. The first-order valence-electron chi connectivity index (χ1n) is 10.3. The average molecular weight is 434 g/mol. The minimum Gasteiger partial charge on any atom is -0.349 e. The Kier molecular flexibility index (Phi) is 6.03. The molecular formula is C21H27N3O3S2. The molecule has 2 aromatic rings. The number of thiazole rings is 1. The number of aromatic nitrogens is 1. The predicted octanol–water partition coefficient (Wildman–Crippen LogP) is 3.27. The average Bonchev–Trinajstić information content (AvgIpc) is 3.43. The highest BCUT2D eigenvalue weighted by molar-refractivity contribution is 7.89. The van der Waals surface area contributed by atoms with Gasteiger partial charge in [0.2, 0.25) is 15.9 Å². The van der Waals surface area contributed by atoms with Crippen molar-refractivity contribution in [2.24, 2.45) is 5.92 Å². The van der Waals surface area contributed by atoms with Gasteiger partial charge in [-0.25, -0.2) is 18.1 Å². The van der Waals surface area contributed by atoms with Gasteiger partial charge in [0.05, 0.1) is 15.9 Å². The van der Waals surface area contributed by atoms with Gasteiger partial charge in [-0.05, 0) is 55.9 Å². The van der Waals surface area contributed by atoms with E-state index in [0.717, 1.165) is 59.5 Å². The van der Waals surface area contributed by atoms with Crippen LogP contribution in [0, 0.1) is 12.8 Å². The first-order chi connectivity index (χ1) is 13.9. The van der Waals surface area contributed by atoms with E-state index in [0.29, 0.717) is 13.0 Å². The molecule has 156 valence electrons. The molecular weight excluding hydrogens is 406 g/mol. The second kappa shape index (κ2) is 8.53. The van der Waals surface area contributed by atoms with Crippen molar-refractivity contribution in [2.45, 2.75) is 62.8 Å². The third-order valence-electron chi connectivity index (χ3n) is 5.85. The lowest BCUT2D eigenvalue weighted by molar-refractivity contribution is -0.125. The van der Waals surface area contributed by atoms with Crippen molar-refractivity contribution in [1.82, 2.24) is 15.0 Å². The van der Waals surface area contributed by atoms with Crippen LogP contribution in [0.5, 0.6) is 0 Å². The maximum Gasteiger partial charge on any atom is 0.240 e. The number of carbonyl (C=O) groups is 1. The minimum absolute atomic E-state index is 0.0912. The number of nitrogens with one attached hydrogen (secondary N) is 2. The Morgan fingerprint density at radius 3 is 2.76 bits per heavy atom. The Morgan fingerprint density at radius 2 is 2.03 bits per heavy atom. The molecule has 2 aliphatic carbocycles. The minimum atomic E-state index is -3.60. The number of aryl methyl sites for hydroxylation is 2. The molecule has 2 N–H and O–H groups in total. The highest BCUT2D eigenvalue weighted by Gasteiger charge is 2.29. The number of amides is 1. The molecule has 29 heavy (non-hydrogen) atoms. The lowest BCUT2D eigenvalue weighted by Crippen LogP contribution is -2.32. The molecule has 6 nitrogen and oxygen atoms in total. The molecule has 1 saturated carbocycles. The molecule has 1 unspecified atom stereocenters. The molecule has 2 aliphatic rings. The SMILES string of the molecule is Cc1cnc(CCNS(=O)(=O)c2ccc3c(c2)C(NC(=O)C2CCCC2)CC3)s1. The summed E-state index contributed by atoms with van der Waals surface area (Å²) in [5, 5.41) is 4.09. The molecule has 0 spiro atoms. The van der Waals surface area contributed by atoms with Crippen molar-refractivity contribution >= 4 is 27.3 Å². The van der Waals surface area contributed by atoms with E-state index >= 15 is 0 Å². The van der Waals surface area contributed by atoms with Gasteiger partial charge in [-0.2, -0.15) is 0 Å². The van der Waals surface area contributed by atoms with Crippen LogP contribution < -0.4 is 10.0 Å². The van der Waals surface area contributed by atoms with Crippen LogP contribution in [0.15, 0.2) is 29.3 Å². The van der Waals surface area contributed by atoms with Crippen LogP contribution in [-0.2, 0) is 27.7 Å². The van der Waals surface area contributed by atoms with E-state index < -0.39 is 10.0 Å². The smallest absolute Gasteiger partial charge is 0.240 e. The fraction of sp³-hybridized carbons (Fsp3) is 0.524. The summed E-state index contributed by atoms with van der Waals surface area (Å²) in [6, 6.07) is 5.19. The number of sulfonamides is 1. The van der Waals surface area contributed by atoms with Gasteiger partial charge >= 0.3 is 0 Å². The van der Waals surface area contributed by atoms with Crippen LogP contribution in [0.25, 0.3) is 0 Å². The zero-order valence-corrected chi connectivity index (χ0v) is 18.2. The number of hydrogen-bond acceptors (Lipinski definition) is 5. The van der Waals surface area contributed by atoms with E-state index in [4.69, 9.17) is 0 Å². The molecule has 0 bridgehead atoms. The maximum absolute atomic E-state index is 12.8. The summed E-state index contributed by atoms with van der Waals surface area (Å²) >= 11 is 1.58. The van der Waals surface area contributed by atoms with Gasteiger partial charge in [-0.15, -0.1) is 11.3 Å². The summed E-state index contributed by atoms with van der Waals surface area (Å²) in [5.41, 5.74) is 2.06. The van der Waals surface area contributed by atoms with Crippen LogP contribution in [0.2, 0.25) is 0 Å². The molecule has 1 heterocycles. The van der Waals surface area contributed by atoms with E-state index in [1.807, 2.05) is 13.0 Å². The zero-order valence-electron chi connectivity index (χ0n) is 16.6. The Bertz CT molecular complexity index is 994. The monoisotopic (exact) mass is 433 g/mol. The number of nitrogens with zero attached hydrogens (tertiary/aromatic N) is 1. The van der Waals surface area contributed by atoms with Gasteiger partial charge < -0.3 is 5.32 Å². The topological polar surface area (TPSA) is 88.2 Å². The van der Waals surface area contributed by atoms with Crippen molar-refractivity contribution in [3.63, 3.8) is 0 Å². The van der Waals surface area contributed by atoms with Crippen molar-refractivity contribution in [2.75, 3.05) is 6.54 Å².